The number of benzene rings is 2. The summed E-state index contributed by atoms with van der Waals surface area (Å²) in [4.78, 5) is 22.8. The molecule has 2 aromatic carbocycles. The van der Waals surface area contributed by atoms with Crippen molar-refractivity contribution in [2.24, 2.45) is 0 Å². The molecule has 0 bridgehead atoms. The fourth-order valence-electron chi connectivity index (χ4n) is 1.60. The number of anilines is 2. The van der Waals surface area contributed by atoms with E-state index in [-0.39, 0.29) is 11.8 Å². The number of hydrogen-bond acceptors (Lipinski definition) is 2. The highest BCUT2D eigenvalue weighted by atomic mass is 16.1. The van der Waals surface area contributed by atoms with Gasteiger partial charge in [0.25, 0.3) is 0 Å². The molecule has 0 spiro atoms. The van der Waals surface area contributed by atoms with E-state index in [2.05, 4.69) is 10.6 Å². The Morgan fingerprint density at radius 2 is 1.32 bits per heavy atom. The first-order valence-electron chi connectivity index (χ1n) is 5.89. The van der Waals surface area contributed by atoms with Gasteiger partial charge in [-0.25, -0.2) is 4.79 Å². The molecule has 0 aliphatic rings. The monoisotopic (exact) mass is 253 g/mol. The topological polar surface area (TPSA) is 58.2 Å². The fourth-order valence-corrected chi connectivity index (χ4v) is 1.60. The van der Waals surface area contributed by atoms with Gasteiger partial charge in [0, 0.05) is 16.9 Å². The van der Waals surface area contributed by atoms with Crippen LogP contribution in [-0.2, 0) is 0 Å². The summed E-state index contributed by atoms with van der Waals surface area (Å²) in [6.45, 7) is 1.50. The molecule has 19 heavy (non-hydrogen) atoms. The van der Waals surface area contributed by atoms with Gasteiger partial charge in [-0.2, -0.15) is 0 Å². The minimum Gasteiger partial charge on any atom is -0.308 e. The second-order valence-electron chi connectivity index (χ2n) is 4.08. The Morgan fingerprint density at radius 1 is 0.789 bits per heavy atom. The van der Waals surface area contributed by atoms with Crippen molar-refractivity contribution in [3.63, 3.8) is 0 Å². The molecule has 2 aromatic rings. The molecule has 96 valence electrons. The first kappa shape index (κ1) is 12.8. The van der Waals surface area contributed by atoms with Crippen LogP contribution < -0.4 is 10.6 Å². The number of amides is 2. The maximum Gasteiger partial charge on any atom is 0.323 e. The molecule has 2 amide bonds. The standard InChI is InChI=1S/C15H14N2O2/c1-11(18)12-7-9-14(10-8-12)17-15(19)16-13-5-3-2-4-6-13/h2-10H,1H3,(H2,16,17,19)/i15-1. The lowest BCUT2D eigenvalue weighted by molar-refractivity contribution is 0.101. The van der Waals surface area contributed by atoms with Crippen molar-refractivity contribution in [1.82, 2.24) is 0 Å². The molecule has 0 saturated carbocycles. The third kappa shape index (κ3) is 3.67. The van der Waals surface area contributed by atoms with Gasteiger partial charge in [-0.3, -0.25) is 4.79 Å². The summed E-state index contributed by atoms with van der Waals surface area (Å²) >= 11 is 0. The van der Waals surface area contributed by atoms with Gasteiger partial charge in [-0.05, 0) is 43.3 Å². The lowest BCUT2D eigenvalue weighted by Crippen LogP contribution is -2.19. The summed E-state index contributed by atoms with van der Waals surface area (Å²) in [5.74, 6) is 0.000266. The van der Waals surface area contributed by atoms with Crippen molar-refractivity contribution < 1.29 is 9.59 Å². The smallest absolute Gasteiger partial charge is 0.308 e. The molecule has 2 N–H and O–H groups in total. The van der Waals surface area contributed by atoms with Crippen LogP contribution in [0.5, 0.6) is 0 Å². The van der Waals surface area contributed by atoms with Crippen molar-refractivity contribution in [3.05, 3.63) is 60.2 Å². The second-order valence-corrected chi connectivity index (χ2v) is 4.08. The molecular weight excluding hydrogens is 239 g/mol. The minimum atomic E-state index is -0.318. The van der Waals surface area contributed by atoms with E-state index in [9.17, 15) is 9.59 Å². The van der Waals surface area contributed by atoms with Crippen LogP contribution in [0.3, 0.4) is 0 Å². The van der Waals surface area contributed by atoms with Crippen LogP contribution in [0.25, 0.3) is 0 Å². The van der Waals surface area contributed by atoms with Gasteiger partial charge in [-0.15, -0.1) is 0 Å². The average Bonchev–Trinajstić information content (AvgIpc) is 2.40. The van der Waals surface area contributed by atoms with Gasteiger partial charge in [-0.1, -0.05) is 18.2 Å². The summed E-state index contributed by atoms with van der Waals surface area (Å²) in [6.07, 6.45) is 0. The Bertz CT molecular complexity index is 577. The maximum absolute atomic E-state index is 11.7. The Balaban J connectivity index is 1.97. The Labute approximate surface area is 111 Å². The van der Waals surface area contributed by atoms with Crippen LogP contribution >= 0.6 is 0 Å². The Hall–Kier alpha value is -2.62. The largest absolute Gasteiger partial charge is 0.323 e. The summed E-state index contributed by atoms with van der Waals surface area (Å²) in [5, 5.41) is 5.41. The molecule has 0 aromatic heterocycles. The van der Waals surface area contributed by atoms with Gasteiger partial charge >= 0.3 is 6.03 Å². The van der Waals surface area contributed by atoms with E-state index in [1.54, 1.807) is 36.4 Å². The molecule has 0 heterocycles. The molecule has 0 unspecified atom stereocenters. The molecule has 0 aliphatic carbocycles. The molecule has 4 nitrogen and oxygen atoms in total. The molecule has 4 heteroatoms. The molecule has 0 aliphatic heterocycles. The highest BCUT2D eigenvalue weighted by Gasteiger charge is 2.03. The number of carbonyl (C=O) groups is 2. The van der Waals surface area contributed by atoms with Crippen molar-refractivity contribution >= 4 is 23.2 Å². The normalized spacial score (nSPS) is 9.74. The van der Waals surface area contributed by atoms with Crippen LogP contribution in [-0.4, -0.2) is 11.8 Å². The van der Waals surface area contributed by atoms with Gasteiger partial charge in [0.15, 0.2) is 5.78 Å². The molecule has 0 saturated heterocycles. The third-order valence-electron chi connectivity index (χ3n) is 2.58. The third-order valence-corrected chi connectivity index (χ3v) is 2.58. The second kappa shape index (κ2) is 5.82. The lowest BCUT2D eigenvalue weighted by Gasteiger charge is -2.07. The minimum absolute atomic E-state index is 0.000266. The first-order chi connectivity index (χ1) is 9.15. The Morgan fingerprint density at radius 3 is 1.84 bits per heavy atom. The fraction of sp³-hybridized carbons (Fsp3) is 0.0667. The van der Waals surface area contributed by atoms with Crippen LogP contribution in [0.2, 0.25) is 0 Å². The molecule has 0 radical (unpaired) electrons. The van der Waals surface area contributed by atoms with E-state index in [4.69, 9.17) is 0 Å². The molecule has 0 atom stereocenters. The van der Waals surface area contributed by atoms with Crippen LogP contribution in [0.4, 0.5) is 16.2 Å². The van der Waals surface area contributed by atoms with E-state index in [0.29, 0.717) is 11.3 Å². The summed E-state index contributed by atoms with van der Waals surface area (Å²) < 4.78 is 0. The first-order valence-corrected chi connectivity index (χ1v) is 5.89. The zero-order valence-electron chi connectivity index (χ0n) is 10.5. The van der Waals surface area contributed by atoms with Crippen molar-refractivity contribution in [2.45, 2.75) is 6.92 Å². The molecule has 0 fully saturated rings. The van der Waals surface area contributed by atoms with Gasteiger partial charge in [0.05, 0.1) is 0 Å². The van der Waals surface area contributed by atoms with Gasteiger partial charge in [0.2, 0.25) is 0 Å². The van der Waals surface area contributed by atoms with Crippen LogP contribution in [0.15, 0.2) is 54.6 Å². The Kier molecular flexibility index (Phi) is 3.93. The van der Waals surface area contributed by atoms with Gasteiger partial charge < -0.3 is 10.6 Å². The zero-order chi connectivity index (χ0) is 13.7. The quantitative estimate of drug-likeness (QED) is 0.822. The number of Topliss-reactive ketones (excluding diaryl/α,β-unsaturated/α-hetero) is 1. The van der Waals surface area contributed by atoms with E-state index in [1.165, 1.54) is 6.92 Å². The number of hydrogen-bond donors (Lipinski definition) is 2. The highest BCUT2D eigenvalue weighted by Crippen LogP contribution is 2.11. The highest BCUT2D eigenvalue weighted by molar-refractivity contribution is 6.00. The number of carbonyl (C=O) groups excluding carboxylic acids is 2. The number of para-hydroxylation sites is 1. The molecule has 2 rings (SSSR count). The van der Waals surface area contributed by atoms with Crippen molar-refractivity contribution in [3.8, 4) is 0 Å². The van der Waals surface area contributed by atoms with Crippen molar-refractivity contribution in [2.75, 3.05) is 10.6 Å². The molecular formula is C15H14N2O2. The van der Waals surface area contributed by atoms with E-state index < -0.39 is 0 Å². The maximum atomic E-state index is 11.7. The number of nitrogens with one attached hydrogen (secondary N) is 2. The summed E-state index contributed by atoms with van der Waals surface area (Å²) in [5.41, 5.74) is 1.98. The van der Waals surface area contributed by atoms with E-state index >= 15 is 0 Å². The van der Waals surface area contributed by atoms with E-state index in [1.807, 2.05) is 18.2 Å². The number of urea groups is 1. The van der Waals surface area contributed by atoms with Crippen LogP contribution in [0.1, 0.15) is 17.3 Å². The zero-order valence-corrected chi connectivity index (χ0v) is 10.5. The number of ketones is 1. The predicted octanol–water partition coefficient (Wildman–Crippen LogP) is 3.53. The summed E-state index contributed by atoms with van der Waals surface area (Å²) in [6, 6.07) is 15.6. The van der Waals surface area contributed by atoms with Gasteiger partial charge in [0.1, 0.15) is 0 Å². The average molecular weight is 253 g/mol. The van der Waals surface area contributed by atoms with E-state index in [0.717, 1.165) is 5.69 Å². The predicted molar refractivity (Wildman–Crippen MR) is 75.5 cm³/mol. The van der Waals surface area contributed by atoms with Crippen LogP contribution in [0, 0.1) is 0 Å². The lowest BCUT2D eigenvalue weighted by atomic mass is 10.1. The number of rotatable bonds is 3. The van der Waals surface area contributed by atoms with Crippen molar-refractivity contribution in [1.29, 1.82) is 0 Å². The SMILES string of the molecule is CC(=O)c1ccc(N[11C](=O)Nc2ccccc2)cc1. The summed E-state index contributed by atoms with van der Waals surface area (Å²) in [7, 11) is 0.